The molecule has 17 heavy (non-hydrogen) atoms. The summed E-state index contributed by atoms with van der Waals surface area (Å²) >= 11 is 0. The van der Waals surface area contributed by atoms with Crippen molar-refractivity contribution < 1.29 is 0 Å². The Labute approximate surface area is 100 Å². The summed E-state index contributed by atoms with van der Waals surface area (Å²) in [6.45, 7) is 1.08. The Kier molecular flexibility index (Phi) is 2.38. The van der Waals surface area contributed by atoms with Crippen molar-refractivity contribution in [1.82, 2.24) is 10.3 Å². The van der Waals surface area contributed by atoms with Gasteiger partial charge in [-0.25, -0.2) is 0 Å². The molecule has 3 heteroatoms. The second kappa shape index (κ2) is 3.90. The summed E-state index contributed by atoms with van der Waals surface area (Å²) in [5.41, 5.74) is 3.25. The number of hydrogen-bond acceptors (Lipinski definition) is 2. The summed E-state index contributed by atoms with van der Waals surface area (Å²) in [6, 6.07) is 8.06. The van der Waals surface area contributed by atoms with Gasteiger partial charge in [0.2, 0.25) is 0 Å². The number of benzene rings is 1. The SMILES string of the molecule is CNCC1CC1c1c[nH]c2ccc(C#N)cc12. The van der Waals surface area contributed by atoms with Crippen LogP contribution in [0.4, 0.5) is 0 Å². The largest absolute Gasteiger partial charge is 0.361 e. The first-order valence-corrected chi connectivity index (χ1v) is 5.99. The van der Waals surface area contributed by atoms with Crippen molar-refractivity contribution >= 4 is 10.9 Å². The van der Waals surface area contributed by atoms with E-state index in [-0.39, 0.29) is 0 Å². The van der Waals surface area contributed by atoms with Crippen LogP contribution in [0.1, 0.15) is 23.5 Å². The molecule has 1 aliphatic rings. The summed E-state index contributed by atoms with van der Waals surface area (Å²) in [4.78, 5) is 3.29. The minimum Gasteiger partial charge on any atom is -0.361 e. The molecule has 2 N–H and O–H groups in total. The van der Waals surface area contributed by atoms with Crippen molar-refractivity contribution in [3.8, 4) is 6.07 Å². The number of nitrogens with zero attached hydrogens (tertiary/aromatic N) is 1. The number of fused-ring (bicyclic) bond motifs is 1. The fourth-order valence-electron chi connectivity index (χ4n) is 2.63. The molecule has 3 nitrogen and oxygen atoms in total. The van der Waals surface area contributed by atoms with E-state index in [1.165, 1.54) is 17.4 Å². The maximum atomic E-state index is 8.95. The van der Waals surface area contributed by atoms with Crippen LogP contribution in [0.3, 0.4) is 0 Å². The van der Waals surface area contributed by atoms with Crippen LogP contribution < -0.4 is 5.32 Å². The normalized spacial score (nSPS) is 22.6. The van der Waals surface area contributed by atoms with Crippen molar-refractivity contribution in [2.75, 3.05) is 13.6 Å². The zero-order valence-corrected chi connectivity index (χ0v) is 9.83. The lowest BCUT2D eigenvalue weighted by Crippen LogP contribution is -2.10. The molecular weight excluding hydrogens is 210 g/mol. The Hall–Kier alpha value is -1.79. The highest BCUT2D eigenvalue weighted by Crippen LogP contribution is 2.49. The second-order valence-electron chi connectivity index (χ2n) is 4.78. The van der Waals surface area contributed by atoms with Crippen LogP contribution >= 0.6 is 0 Å². The van der Waals surface area contributed by atoms with Crippen LogP contribution in [0.5, 0.6) is 0 Å². The van der Waals surface area contributed by atoms with E-state index in [0.717, 1.165) is 23.5 Å². The summed E-state index contributed by atoms with van der Waals surface area (Å²) in [7, 11) is 2.00. The molecular formula is C14H15N3. The van der Waals surface area contributed by atoms with Gasteiger partial charge < -0.3 is 10.3 Å². The lowest BCUT2D eigenvalue weighted by atomic mass is 10.1. The van der Waals surface area contributed by atoms with Crippen molar-refractivity contribution in [3.05, 3.63) is 35.5 Å². The minimum atomic E-state index is 0.658. The molecule has 0 amide bonds. The lowest BCUT2D eigenvalue weighted by Gasteiger charge is -1.99. The van der Waals surface area contributed by atoms with Crippen LogP contribution in [-0.4, -0.2) is 18.6 Å². The Balaban J connectivity index is 1.98. The summed E-state index contributed by atoms with van der Waals surface area (Å²) in [5, 5.41) is 13.4. The first-order valence-electron chi connectivity index (χ1n) is 5.99. The van der Waals surface area contributed by atoms with Gasteiger partial charge in [0, 0.05) is 17.1 Å². The molecule has 1 aromatic heterocycles. The number of H-pyrrole nitrogens is 1. The van der Waals surface area contributed by atoms with Gasteiger partial charge in [-0.2, -0.15) is 5.26 Å². The predicted molar refractivity (Wildman–Crippen MR) is 67.8 cm³/mol. The van der Waals surface area contributed by atoms with Gasteiger partial charge in [-0.05, 0) is 55.6 Å². The second-order valence-corrected chi connectivity index (χ2v) is 4.78. The molecule has 0 saturated heterocycles. The van der Waals surface area contributed by atoms with Gasteiger partial charge in [-0.1, -0.05) is 0 Å². The van der Waals surface area contributed by atoms with E-state index in [0.29, 0.717) is 5.92 Å². The Morgan fingerprint density at radius 2 is 2.41 bits per heavy atom. The van der Waals surface area contributed by atoms with Crippen molar-refractivity contribution in [2.45, 2.75) is 12.3 Å². The highest BCUT2D eigenvalue weighted by molar-refractivity contribution is 5.85. The molecule has 0 bridgehead atoms. The van der Waals surface area contributed by atoms with Crippen LogP contribution in [0, 0.1) is 17.2 Å². The average Bonchev–Trinajstić information content (AvgIpc) is 2.99. The van der Waals surface area contributed by atoms with E-state index in [4.69, 9.17) is 5.26 Å². The van der Waals surface area contributed by atoms with Gasteiger partial charge in [0.1, 0.15) is 0 Å². The Morgan fingerprint density at radius 3 is 3.18 bits per heavy atom. The van der Waals surface area contributed by atoms with Crippen LogP contribution in [-0.2, 0) is 0 Å². The molecule has 1 heterocycles. The molecule has 86 valence electrons. The molecule has 0 spiro atoms. The number of hydrogen-bond donors (Lipinski definition) is 2. The fraction of sp³-hybridized carbons (Fsp3) is 0.357. The Bertz CT molecular complexity index is 591. The van der Waals surface area contributed by atoms with Crippen molar-refractivity contribution in [1.29, 1.82) is 5.26 Å². The van der Waals surface area contributed by atoms with Crippen LogP contribution in [0.25, 0.3) is 10.9 Å². The summed E-state index contributed by atoms with van der Waals surface area (Å²) in [5.74, 6) is 1.41. The third kappa shape index (κ3) is 1.71. The van der Waals surface area contributed by atoms with E-state index in [2.05, 4.69) is 22.6 Å². The van der Waals surface area contributed by atoms with E-state index in [1.54, 1.807) is 0 Å². The first kappa shape index (κ1) is 10.4. The average molecular weight is 225 g/mol. The number of nitrogens with one attached hydrogen (secondary N) is 2. The van der Waals surface area contributed by atoms with Crippen molar-refractivity contribution in [3.63, 3.8) is 0 Å². The quantitative estimate of drug-likeness (QED) is 0.842. The minimum absolute atomic E-state index is 0.658. The zero-order chi connectivity index (χ0) is 11.8. The molecule has 1 saturated carbocycles. The lowest BCUT2D eigenvalue weighted by molar-refractivity contribution is 0.699. The van der Waals surface area contributed by atoms with Gasteiger partial charge >= 0.3 is 0 Å². The number of rotatable bonds is 3. The maximum absolute atomic E-state index is 8.95. The van der Waals surface area contributed by atoms with Gasteiger partial charge in [0.15, 0.2) is 0 Å². The molecule has 0 aliphatic heterocycles. The van der Waals surface area contributed by atoms with Crippen LogP contribution in [0.15, 0.2) is 24.4 Å². The Morgan fingerprint density at radius 1 is 1.53 bits per heavy atom. The number of aromatic nitrogens is 1. The summed E-state index contributed by atoms with van der Waals surface area (Å²) < 4.78 is 0. The van der Waals surface area contributed by atoms with E-state index in [9.17, 15) is 0 Å². The molecule has 2 aromatic rings. The van der Waals surface area contributed by atoms with Gasteiger partial charge in [0.25, 0.3) is 0 Å². The number of nitriles is 1. The summed E-state index contributed by atoms with van der Waals surface area (Å²) in [6.07, 6.45) is 3.36. The third-order valence-corrected chi connectivity index (χ3v) is 3.63. The smallest absolute Gasteiger partial charge is 0.0991 e. The molecule has 1 fully saturated rings. The molecule has 1 aliphatic carbocycles. The van der Waals surface area contributed by atoms with E-state index in [1.807, 2.05) is 25.2 Å². The van der Waals surface area contributed by atoms with Crippen LogP contribution in [0.2, 0.25) is 0 Å². The van der Waals surface area contributed by atoms with E-state index < -0.39 is 0 Å². The molecule has 0 radical (unpaired) electrons. The monoisotopic (exact) mass is 225 g/mol. The van der Waals surface area contributed by atoms with Gasteiger partial charge in [-0.3, -0.25) is 0 Å². The van der Waals surface area contributed by atoms with Gasteiger partial charge in [0.05, 0.1) is 11.6 Å². The zero-order valence-electron chi connectivity index (χ0n) is 9.83. The maximum Gasteiger partial charge on any atom is 0.0991 e. The highest BCUT2D eigenvalue weighted by atomic mass is 14.8. The van der Waals surface area contributed by atoms with Gasteiger partial charge in [-0.15, -0.1) is 0 Å². The fourth-order valence-corrected chi connectivity index (χ4v) is 2.63. The molecule has 3 rings (SSSR count). The number of aromatic amines is 1. The van der Waals surface area contributed by atoms with Crippen molar-refractivity contribution in [2.24, 2.45) is 5.92 Å². The topological polar surface area (TPSA) is 51.6 Å². The third-order valence-electron chi connectivity index (χ3n) is 3.63. The molecule has 2 unspecified atom stereocenters. The molecule has 1 aromatic carbocycles. The predicted octanol–water partition coefficient (Wildman–Crippen LogP) is 2.36. The molecule has 2 atom stereocenters. The first-order chi connectivity index (χ1) is 8.33. The van der Waals surface area contributed by atoms with E-state index >= 15 is 0 Å². The standard InChI is InChI=1S/C14H15N3/c1-16-7-10-5-11(10)13-8-17-14-3-2-9(6-15)4-12(13)14/h2-4,8,10-11,16-17H,5,7H2,1H3. The highest BCUT2D eigenvalue weighted by Gasteiger charge is 2.38.